The average Bonchev–Trinajstić information content (AvgIpc) is 3.58. The predicted octanol–water partition coefficient (Wildman–Crippen LogP) is 5.13. The number of hydrogen-bond acceptors (Lipinski definition) is 5. The van der Waals surface area contributed by atoms with Crippen LogP contribution in [0.2, 0.25) is 0 Å². The molecule has 2 aromatic rings. The fourth-order valence-corrected chi connectivity index (χ4v) is 5.46. The Morgan fingerprint density at radius 1 is 1.06 bits per heavy atom. The van der Waals surface area contributed by atoms with Crippen LogP contribution < -0.4 is 9.47 Å². The number of fused-ring (bicyclic) bond motifs is 1. The fourth-order valence-electron chi connectivity index (χ4n) is 4.54. The molecule has 0 spiro atoms. The number of benzene rings is 1. The van der Waals surface area contributed by atoms with Gasteiger partial charge in [-0.25, -0.2) is 0 Å². The second kappa shape index (κ2) is 11.1. The molecule has 4 rings (SSSR count). The number of nitrogens with zero attached hydrogens (tertiary/aromatic N) is 2. The van der Waals surface area contributed by atoms with E-state index in [1.807, 2.05) is 28.0 Å². The maximum absolute atomic E-state index is 13.6. The van der Waals surface area contributed by atoms with E-state index in [0.29, 0.717) is 25.4 Å². The van der Waals surface area contributed by atoms with Gasteiger partial charge in [0.1, 0.15) is 0 Å². The molecule has 0 saturated heterocycles. The topological polar surface area (TPSA) is 59.1 Å². The third kappa shape index (κ3) is 5.88. The van der Waals surface area contributed by atoms with Gasteiger partial charge in [0.15, 0.2) is 11.5 Å². The lowest BCUT2D eigenvalue weighted by atomic mass is 10.1. The summed E-state index contributed by atoms with van der Waals surface area (Å²) in [5, 5.41) is 2.06. The summed E-state index contributed by atoms with van der Waals surface area (Å²) >= 11 is 1.67. The first-order valence-electron chi connectivity index (χ1n) is 12.0. The van der Waals surface area contributed by atoms with Crippen LogP contribution in [0.5, 0.6) is 11.5 Å². The number of hydrogen-bond donors (Lipinski definition) is 0. The van der Waals surface area contributed by atoms with Gasteiger partial charge >= 0.3 is 0 Å². The van der Waals surface area contributed by atoms with Gasteiger partial charge < -0.3 is 19.3 Å². The van der Waals surface area contributed by atoms with Gasteiger partial charge in [0.05, 0.1) is 13.1 Å². The SMILES string of the molecule is CCCCN(CC(=O)N(Cc1ccc2c(c1)OCO2)Cc1sccc1C)C(=O)C1CCCC1. The molecular weight excluding hydrogens is 436 g/mol. The van der Waals surface area contributed by atoms with Gasteiger partial charge in [0, 0.05) is 23.9 Å². The van der Waals surface area contributed by atoms with Crippen molar-refractivity contribution in [2.45, 2.75) is 65.5 Å². The first-order chi connectivity index (χ1) is 16.0. The highest BCUT2D eigenvalue weighted by Gasteiger charge is 2.29. The van der Waals surface area contributed by atoms with Gasteiger partial charge in [0.2, 0.25) is 18.6 Å². The number of aryl methyl sites for hydroxylation is 1. The molecule has 7 heteroatoms. The lowest BCUT2D eigenvalue weighted by Crippen LogP contribution is -2.44. The van der Waals surface area contributed by atoms with Crippen molar-refractivity contribution < 1.29 is 19.1 Å². The number of carbonyl (C=O) groups excluding carboxylic acids is 2. The molecule has 1 aromatic carbocycles. The summed E-state index contributed by atoms with van der Waals surface area (Å²) in [6, 6.07) is 7.91. The molecular formula is C26H34N2O4S. The van der Waals surface area contributed by atoms with Crippen LogP contribution >= 0.6 is 11.3 Å². The second-order valence-electron chi connectivity index (χ2n) is 9.06. The zero-order valence-electron chi connectivity index (χ0n) is 19.7. The largest absolute Gasteiger partial charge is 0.454 e. The van der Waals surface area contributed by atoms with Gasteiger partial charge in [-0.05, 0) is 60.9 Å². The smallest absolute Gasteiger partial charge is 0.242 e. The number of carbonyl (C=O) groups is 2. The average molecular weight is 471 g/mol. The molecule has 33 heavy (non-hydrogen) atoms. The van der Waals surface area contributed by atoms with Crippen molar-refractivity contribution in [1.82, 2.24) is 9.80 Å². The van der Waals surface area contributed by atoms with Crippen LogP contribution in [0.25, 0.3) is 0 Å². The highest BCUT2D eigenvalue weighted by Crippen LogP contribution is 2.33. The molecule has 2 heterocycles. The van der Waals surface area contributed by atoms with Gasteiger partial charge in [-0.3, -0.25) is 9.59 Å². The Morgan fingerprint density at radius 3 is 2.58 bits per heavy atom. The second-order valence-corrected chi connectivity index (χ2v) is 10.1. The summed E-state index contributed by atoms with van der Waals surface area (Å²) in [4.78, 5) is 31.6. The van der Waals surface area contributed by atoms with Crippen molar-refractivity contribution >= 4 is 23.2 Å². The molecule has 1 aliphatic carbocycles. The summed E-state index contributed by atoms with van der Waals surface area (Å²) < 4.78 is 11.0. The maximum atomic E-state index is 13.6. The summed E-state index contributed by atoms with van der Waals surface area (Å²) in [5.74, 6) is 1.68. The molecule has 0 bridgehead atoms. The molecule has 1 aromatic heterocycles. The van der Waals surface area contributed by atoms with Crippen LogP contribution in [0.15, 0.2) is 29.6 Å². The van der Waals surface area contributed by atoms with E-state index in [2.05, 4.69) is 25.3 Å². The van der Waals surface area contributed by atoms with E-state index in [0.717, 1.165) is 49.8 Å². The Balaban J connectivity index is 1.51. The van der Waals surface area contributed by atoms with E-state index >= 15 is 0 Å². The predicted molar refractivity (Wildman–Crippen MR) is 129 cm³/mol. The van der Waals surface area contributed by atoms with Crippen LogP contribution in [0, 0.1) is 12.8 Å². The van der Waals surface area contributed by atoms with Gasteiger partial charge in [0.25, 0.3) is 0 Å². The van der Waals surface area contributed by atoms with E-state index in [4.69, 9.17) is 9.47 Å². The van der Waals surface area contributed by atoms with Crippen LogP contribution in [-0.4, -0.2) is 41.5 Å². The normalized spacial score (nSPS) is 15.1. The van der Waals surface area contributed by atoms with Crippen molar-refractivity contribution in [1.29, 1.82) is 0 Å². The molecule has 178 valence electrons. The number of unbranched alkanes of at least 4 members (excludes halogenated alkanes) is 1. The third-order valence-electron chi connectivity index (χ3n) is 6.59. The summed E-state index contributed by atoms with van der Waals surface area (Å²) in [6.07, 6.45) is 6.03. The highest BCUT2D eigenvalue weighted by molar-refractivity contribution is 7.10. The number of rotatable bonds is 10. The van der Waals surface area contributed by atoms with E-state index < -0.39 is 0 Å². The molecule has 1 saturated carbocycles. The molecule has 0 radical (unpaired) electrons. The van der Waals surface area contributed by atoms with Crippen molar-refractivity contribution in [3.05, 3.63) is 45.6 Å². The van der Waals surface area contributed by atoms with Crippen LogP contribution in [-0.2, 0) is 22.7 Å². The van der Waals surface area contributed by atoms with Crippen molar-refractivity contribution in [3.63, 3.8) is 0 Å². The molecule has 2 amide bonds. The minimum absolute atomic E-state index is 0.0112. The van der Waals surface area contributed by atoms with Crippen LogP contribution in [0.4, 0.5) is 0 Å². The number of thiophene rings is 1. The van der Waals surface area contributed by atoms with Gasteiger partial charge in [-0.2, -0.15) is 0 Å². The van der Waals surface area contributed by atoms with E-state index in [-0.39, 0.29) is 31.1 Å². The molecule has 2 aliphatic rings. The van der Waals surface area contributed by atoms with E-state index in [1.165, 1.54) is 10.4 Å². The monoisotopic (exact) mass is 470 g/mol. The maximum Gasteiger partial charge on any atom is 0.242 e. The summed E-state index contributed by atoms with van der Waals surface area (Å²) in [7, 11) is 0. The zero-order valence-corrected chi connectivity index (χ0v) is 20.5. The van der Waals surface area contributed by atoms with Gasteiger partial charge in [-0.15, -0.1) is 11.3 Å². The Bertz CT molecular complexity index is 967. The Morgan fingerprint density at radius 2 is 1.85 bits per heavy atom. The molecule has 0 unspecified atom stereocenters. The summed E-state index contributed by atoms with van der Waals surface area (Å²) in [6.45, 7) is 6.21. The van der Waals surface area contributed by atoms with Crippen LogP contribution in [0.3, 0.4) is 0 Å². The zero-order chi connectivity index (χ0) is 23.2. The lowest BCUT2D eigenvalue weighted by molar-refractivity contribution is -0.143. The molecule has 0 atom stereocenters. The Hall–Kier alpha value is -2.54. The quantitative estimate of drug-likeness (QED) is 0.483. The minimum Gasteiger partial charge on any atom is -0.454 e. The highest BCUT2D eigenvalue weighted by atomic mass is 32.1. The third-order valence-corrected chi connectivity index (χ3v) is 7.60. The first-order valence-corrected chi connectivity index (χ1v) is 12.9. The minimum atomic E-state index is -0.0112. The van der Waals surface area contributed by atoms with E-state index in [9.17, 15) is 9.59 Å². The number of amides is 2. The lowest BCUT2D eigenvalue weighted by Gasteiger charge is -2.29. The fraction of sp³-hybridized carbons (Fsp3) is 0.538. The standard InChI is InChI=1S/C26H34N2O4S/c1-3-4-12-27(26(30)21-7-5-6-8-21)17-25(29)28(16-24-19(2)11-13-33-24)15-20-9-10-22-23(14-20)32-18-31-22/h9-11,13-14,21H,3-8,12,15-18H2,1-2H3. The Labute approximate surface area is 200 Å². The molecule has 0 N–H and O–H groups in total. The molecule has 6 nitrogen and oxygen atoms in total. The summed E-state index contributed by atoms with van der Waals surface area (Å²) in [5.41, 5.74) is 2.18. The van der Waals surface area contributed by atoms with E-state index in [1.54, 1.807) is 11.3 Å². The first kappa shape index (κ1) is 23.6. The molecule has 1 fully saturated rings. The van der Waals surface area contributed by atoms with Crippen LogP contribution in [0.1, 0.15) is 61.5 Å². The van der Waals surface area contributed by atoms with Crippen molar-refractivity contribution in [2.75, 3.05) is 19.9 Å². The Kier molecular flexibility index (Phi) is 7.91. The number of ether oxygens (including phenoxy) is 2. The van der Waals surface area contributed by atoms with Crippen molar-refractivity contribution in [3.8, 4) is 11.5 Å². The van der Waals surface area contributed by atoms with Gasteiger partial charge in [-0.1, -0.05) is 32.3 Å². The van der Waals surface area contributed by atoms with Crippen molar-refractivity contribution in [2.24, 2.45) is 5.92 Å². The molecule has 1 aliphatic heterocycles.